The smallest absolute Gasteiger partial charge is 0.407 e. The lowest BCUT2D eigenvalue weighted by Gasteiger charge is -2.40. The molecule has 12 heteroatoms. The molecule has 6 heterocycles. The molecule has 4 aliphatic rings. The van der Waals surface area contributed by atoms with Crippen LogP contribution in [0.2, 0.25) is 0 Å². The fourth-order valence-electron chi connectivity index (χ4n) is 8.47. The van der Waals surface area contributed by atoms with Crippen molar-refractivity contribution in [2.45, 2.75) is 49.7 Å². The highest BCUT2D eigenvalue weighted by Gasteiger charge is 2.47. The number of nitrogens with zero attached hydrogens (tertiary/aromatic N) is 6. The quantitative estimate of drug-likeness (QED) is 0.148. The predicted octanol–water partition coefficient (Wildman–Crippen LogP) is 5.45. The van der Waals surface area contributed by atoms with Crippen LogP contribution < -0.4 is 14.4 Å². The summed E-state index contributed by atoms with van der Waals surface area (Å²) in [4.78, 5) is 32.3. The minimum Gasteiger partial charge on any atom is -0.468 e. The number of hydrogen-bond acceptors (Lipinski definition) is 9. The molecule has 4 aromatic rings. The molecule has 4 fully saturated rings. The Hall–Kier alpha value is -4.99. The van der Waals surface area contributed by atoms with Gasteiger partial charge in [0.15, 0.2) is 12.6 Å². The van der Waals surface area contributed by atoms with Crippen LogP contribution in [0.1, 0.15) is 37.7 Å². The summed E-state index contributed by atoms with van der Waals surface area (Å²) in [6, 6.07) is 8.76. The van der Waals surface area contributed by atoms with Crippen molar-refractivity contribution in [3.05, 3.63) is 60.1 Å². The van der Waals surface area contributed by atoms with E-state index < -0.39 is 11.9 Å². The van der Waals surface area contributed by atoms with Crippen molar-refractivity contribution < 1.29 is 28.5 Å². The third-order valence-corrected chi connectivity index (χ3v) is 10.6. The number of benzene rings is 2. The number of anilines is 1. The highest BCUT2D eigenvalue weighted by molar-refractivity contribution is 6.03. The molecule has 4 aliphatic heterocycles. The zero-order valence-corrected chi connectivity index (χ0v) is 27.3. The monoisotopic (exact) mass is 664 g/mol. The SMILES string of the molecule is C#Cc1cccc2cc(OCOC)cc(-c3ncc4c(N5C[C@H]6CC[C@@H](C5)N6C(=O)O)nc(OCC56CCCN5CC(=C)C6)nc4c3F)c12. The maximum Gasteiger partial charge on any atom is 0.407 e. The molecule has 1 unspecified atom stereocenters. The molecule has 0 radical (unpaired) electrons. The molecule has 2 bridgehead atoms. The molecule has 1 amide bonds. The van der Waals surface area contributed by atoms with Crippen LogP contribution in [0.3, 0.4) is 0 Å². The fourth-order valence-corrected chi connectivity index (χ4v) is 8.47. The molecular weight excluding hydrogens is 627 g/mol. The number of fused-ring (bicyclic) bond motifs is 5. The Morgan fingerprint density at radius 2 is 2.02 bits per heavy atom. The van der Waals surface area contributed by atoms with Crippen LogP contribution in [-0.4, -0.2) is 100 Å². The van der Waals surface area contributed by atoms with E-state index in [1.54, 1.807) is 23.2 Å². The normalized spacial score (nSPS) is 23.3. The van der Waals surface area contributed by atoms with E-state index in [-0.39, 0.29) is 41.6 Å². The number of terminal acetylenes is 1. The van der Waals surface area contributed by atoms with E-state index in [1.165, 1.54) is 12.7 Å². The number of ether oxygens (including phenoxy) is 3. The first-order chi connectivity index (χ1) is 23.8. The van der Waals surface area contributed by atoms with Crippen LogP contribution in [0.25, 0.3) is 32.9 Å². The molecule has 1 N–H and O–H groups in total. The third kappa shape index (κ3) is 5.28. The summed E-state index contributed by atoms with van der Waals surface area (Å²) in [6.45, 7) is 7.25. The molecule has 2 aromatic heterocycles. The van der Waals surface area contributed by atoms with Crippen LogP contribution in [0.5, 0.6) is 11.8 Å². The van der Waals surface area contributed by atoms with Crippen LogP contribution in [0, 0.1) is 18.2 Å². The van der Waals surface area contributed by atoms with Crippen molar-refractivity contribution in [2.75, 3.05) is 51.6 Å². The maximum absolute atomic E-state index is 17.1. The molecule has 11 nitrogen and oxygen atoms in total. The van der Waals surface area contributed by atoms with E-state index in [4.69, 9.17) is 25.6 Å². The number of hydrogen-bond donors (Lipinski definition) is 1. The number of aromatic nitrogens is 3. The Labute approximate surface area is 283 Å². The van der Waals surface area contributed by atoms with Crippen molar-refractivity contribution in [1.82, 2.24) is 24.8 Å². The first-order valence-corrected chi connectivity index (χ1v) is 16.6. The zero-order chi connectivity index (χ0) is 33.9. The number of methoxy groups -OCH3 is 1. The largest absolute Gasteiger partial charge is 0.468 e. The van der Waals surface area contributed by atoms with Gasteiger partial charge < -0.3 is 24.2 Å². The average molecular weight is 665 g/mol. The number of carbonyl (C=O) groups is 1. The number of rotatable bonds is 8. The second-order valence-corrected chi connectivity index (χ2v) is 13.5. The van der Waals surface area contributed by atoms with Crippen LogP contribution in [0.4, 0.5) is 15.0 Å². The fraction of sp³-hybridized carbons (Fsp3) is 0.405. The Bertz CT molecular complexity index is 2040. The minimum atomic E-state index is -0.921. The van der Waals surface area contributed by atoms with Gasteiger partial charge in [-0.2, -0.15) is 9.97 Å². The number of pyridine rings is 1. The Morgan fingerprint density at radius 1 is 1.20 bits per heavy atom. The Kier molecular flexibility index (Phi) is 7.76. The highest BCUT2D eigenvalue weighted by atomic mass is 19.1. The average Bonchev–Trinajstić information content (AvgIpc) is 3.72. The van der Waals surface area contributed by atoms with E-state index >= 15 is 4.39 Å². The van der Waals surface area contributed by atoms with Gasteiger partial charge in [-0.05, 0) is 62.2 Å². The second-order valence-electron chi connectivity index (χ2n) is 13.5. The molecule has 252 valence electrons. The summed E-state index contributed by atoms with van der Waals surface area (Å²) in [5, 5.41) is 11.7. The molecule has 8 rings (SSSR count). The van der Waals surface area contributed by atoms with Gasteiger partial charge in [0, 0.05) is 49.5 Å². The van der Waals surface area contributed by atoms with Gasteiger partial charge in [0.1, 0.15) is 29.4 Å². The summed E-state index contributed by atoms with van der Waals surface area (Å²) < 4.78 is 34.4. The molecule has 2 aromatic carbocycles. The second kappa shape index (κ2) is 12.2. The van der Waals surface area contributed by atoms with Gasteiger partial charge in [-0.3, -0.25) is 14.8 Å². The first kappa shape index (κ1) is 31.3. The number of amides is 1. The molecule has 0 aliphatic carbocycles. The summed E-state index contributed by atoms with van der Waals surface area (Å²) in [6.07, 6.45) is 11.0. The van der Waals surface area contributed by atoms with Gasteiger partial charge in [-0.15, -0.1) is 6.42 Å². The summed E-state index contributed by atoms with van der Waals surface area (Å²) in [7, 11) is 1.53. The Balaban J connectivity index is 1.26. The van der Waals surface area contributed by atoms with Gasteiger partial charge in [0.05, 0.1) is 23.0 Å². The molecule has 3 atom stereocenters. The molecule has 4 saturated heterocycles. The summed E-state index contributed by atoms with van der Waals surface area (Å²) >= 11 is 0. The number of carboxylic acid groups (broad SMARTS) is 1. The van der Waals surface area contributed by atoms with Crippen molar-refractivity contribution in [2.24, 2.45) is 0 Å². The molecular formula is C37H37FN6O5. The number of piperazine rings is 1. The topological polar surface area (TPSA) is 113 Å². The minimum absolute atomic E-state index is 0.00802. The molecule has 0 spiro atoms. The van der Waals surface area contributed by atoms with Crippen LogP contribution >= 0.6 is 0 Å². The van der Waals surface area contributed by atoms with Gasteiger partial charge in [-0.1, -0.05) is 30.2 Å². The van der Waals surface area contributed by atoms with Crippen molar-refractivity contribution in [3.8, 4) is 35.4 Å². The predicted molar refractivity (Wildman–Crippen MR) is 182 cm³/mol. The molecule has 0 saturated carbocycles. The van der Waals surface area contributed by atoms with Crippen molar-refractivity contribution in [1.29, 1.82) is 0 Å². The van der Waals surface area contributed by atoms with Gasteiger partial charge in [0.25, 0.3) is 0 Å². The zero-order valence-electron chi connectivity index (χ0n) is 27.3. The van der Waals surface area contributed by atoms with Gasteiger partial charge in [0.2, 0.25) is 0 Å². The van der Waals surface area contributed by atoms with Crippen LogP contribution in [0.15, 0.2) is 48.7 Å². The van der Waals surface area contributed by atoms with E-state index in [9.17, 15) is 9.90 Å². The lowest BCUT2D eigenvalue weighted by atomic mass is 9.94. The Morgan fingerprint density at radius 3 is 2.78 bits per heavy atom. The van der Waals surface area contributed by atoms with E-state index in [2.05, 4.69) is 27.4 Å². The lowest BCUT2D eigenvalue weighted by Crippen LogP contribution is -2.55. The maximum atomic E-state index is 17.1. The lowest BCUT2D eigenvalue weighted by molar-refractivity contribution is 0.0512. The first-order valence-electron chi connectivity index (χ1n) is 16.6. The van der Waals surface area contributed by atoms with Crippen LogP contribution in [-0.2, 0) is 4.74 Å². The molecule has 49 heavy (non-hydrogen) atoms. The van der Waals surface area contributed by atoms with Gasteiger partial charge in [-0.25, -0.2) is 9.18 Å². The summed E-state index contributed by atoms with van der Waals surface area (Å²) in [5.41, 5.74) is 2.15. The van der Waals surface area contributed by atoms with E-state index in [0.29, 0.717) is 53.2 Å². The van der Waals surface area contributed by atoms with Gasteiger partial charge >= 0.3 is 12.1 Å². The van der Waals surface area contributed by atoms with E-state index in [0.717, 1.165) is 50.6 Å². The van der Waals surface area contributed by atoms with Crippen molar-refractivity contribution in [3.63, 3.8) is 0 Å². The van der Waals surface area contributed by atoms with Crippen molar-refractivity contribution >= 4 is 33.6 Å². The number of halogens is 1. The summed E-state index contributed by atoms with van der Waals surface area (Å²) in [5.74, 6) is 3.02. The van der Waals surface area contributed by atoms with E-state index in [1.807, 2.05) is 23.1 Å². The third-order valence-electron chi connectivity index (χ3n) is 10.6. The highest BCUT2D eigenvalue weighted by Crippen LogP contribution is 2.43. The standard InChI is InChI=1S/C37H37FN6O5/c1-4-23-7-5-8-24-13-27(49-21-47-3)14-28(30(23)24)32-31(38)33-29(16-39-32)34(42-18-25-9-10-26(19-42)44(25)36(45)46)41-35(40-33)48-20-37-11-6-12-43(37)17-22(2)15-37/h1,5,7-8,13-14,16,25-26H,2,6,9-12,15,17-21H2,3H3,(H,45,46)/t25-,26+,37?.